The minimum atomic E-state index is -0.422. The van der Waals surface area contributed by atoms with Gasteiger partial charge in [-0.3, -0.25) is 10.1 Å². The smallest absolute Gasteiger partial charge is 0.311 e. The fraction of sp³-hybridized carbons (Fsp3) is 0.571. The van der Waals surface area contributed by atoms with E-state index in [0.717, 1.165) is 38.0 Å². The van der Waals surface area contributed by atoms with Crippen LogP contribution in [0.4, 0.5) is 5.69 Å². The zero-order valence-corrected chi connectivity index (χ0v) is 11.6. The lowest BCUT2D eigenvalue weighted by Gasteiger charge is -2.10. The highest BCUT2D eigenvalue weighted by Crippen LogP contribution is 2.27. The Labute approximate surface area is 118 Å². The summed E-state index contributed by atoms with van der Waals surface area (Å²) in [6, 6.07) is 5.03. The van der Waals surface area contributed by atoms with Gasteiger partial charge < -0.3 is 14.8 Å². The predicted molar refractivity (Wildman–Crippen MR) is 74.9 cm³/mol. The second-order valence-corrected chi connectivity index (χ2v) is 4.86. The second-order valence-electron chi connectivity index (χ2n) is 4.86. The van der Waals surface area contributed by atoms with Gasteiger partial charge in [0.1, 0.15) is 0 Å². The van der Waals surface area contributed by atoms with Crippen molar-refractivity contribution in [3.8, 4) is 5.75 Å². The first-order valence-electron chi connectivity index (χ1n) is 6.84. The molecule has 6 nitrogen and oxygen atoms in total. The summed E-state index contributed by atoms with van der Waals surface area (Å²) in [5, 5.41) is 14.2. The van der Waals surface area contributed by atoms with Gasteiger partial charge in [-0.15, -0.1) is 0 Å². The molecule has 20 heavy (non-hydrogen) atoms. The van der Waals surface area contributed by atoms with Gasteiger partial charge in [0.05, 0.1) is 18.1 Å². The molecule has 1 saturated heterocycles. The zero-order valence-electron chi connectivity index (χ0n) is 11.6. The van der Waals surface area contributed by atoms with Crippen LogP contribution in [0.3, 0.4) is 0 Å². The lowest BCUT2D eigenvalue weighted by atomic mass is 10.1. The molecule has 1 fully saturated rings. The summed E-state index contributed by atoms with van der Waals surface area (Å²) in [4.78, 5) is 10.5. The highest BCUT2D eigenvalue weighted by atomic mass is 16.6. The summed E-state index contributed by atoms with van der Waals surface area (Å²) < 4.78 is 10.5. The molecule has 0 aromatic heterocycles. The molecule has 0 bridgehead atoms. The molecule has 1 N–H and O–H groups in total. The molecule has 0 saturated carbocycles. The third kappa shape index (κ3) is 3.91. The van der Waals surface area contributed by atoms with Crippen LogP contribution in [-0.4, -0.2) is 31.3 Å². The van der Waals surface area contributed by atoms with Crippen LogP contribution in [0.5, 0.6) is 5.75 Å². The first kappa shape index (κ1) is 14.7. The van der Waals surface area contributed by atoms with Crippen LogP contribution in [-0.2, 0) is 11.3 Å². The van der Waals surface area contributed by atoms with Crippen LogP contribution in [0, 0.1) is 10.1 Å². The number of hydrogen-bond donors (Lipinski definition) is 1. The summed E-state index contributed by atoms with van der Waals surface area (Å²) in [7, 11) is 1.43. The predicted octanol–water partition coefficient (Wildman–Crippen LogP) is 2.26. The van der Waals surface area contributed by atoms with Gasteiger partial charge in [0.2, 0.25) is 0 Å². The second kappa shape index (κ2) is 7.21. The van der Waals surface area contributed by atoms with Crippen molar-refractivity contribution in [1.29, 1.82) is 0 Å². The largest absolute Gasteiger partial charge is 0.490 e. The number of nitro groups is 1. The third-order valence-corrected chi connectivity index (χ3v) is 3.44. The Hall–Kier alpha value is -1.66. The molecule has 0 amide bonds. The molecule has 1 aromatic carbocycles. The molecule has 1 atom stereocenters. The average molecular weight is 280 g/mol. The van der Waals surface area contributed by atoms with Gasteiger partial charge in [-0.2, -0.15) is 0 Å². The fourth-order valence-electron chi connectivity index (χ4n) is 2.36. The molecule has 1 aliphatic heterocycles. The SMILES string of the molecule is COc1ccc(CNCCC2CCCO2)cc1[N+](=O)[O-]. The third-order valence-electron chi connectivity index (χ3n) is 3.44. The number of nitro benzene ring substituents is 1. The van der Waals surface area contributed by atoms with E-state index in [1.165, 1.54) is 7.11 Å². The lowest BCUT2D eigenvalue weighted by molar-refractivity contribution is -0.385. The molecule has 6 heteroatoms. The van der Waals surface area contributed by atoms with Crippen LogP contribution in [0.1, 0.15) is 24.8 Å². The van der Waals surface area contributed by atoms with Crippen molar-refractivity contribution in [1.82, 2.24) is 5.32 Å². The van der Waals surface area contributed by atoms with Gasteiger partial charge in [-0.05, 0) is 37.4 Å². The van der Waals surface area contributed by atoms with E-state index >= 15 is 0 Å². The normalized spacial score (nSPS) is 18.1. The fourth-order valence-corrected chi connectivity index (χ4v) is 2.36. The Kier molecular flexibility index (Phi) is 5.31. The zero-order chi connectivity index (χ0) is 14.4. The van der Waals surface area contributed by atoms with Gasteiger partial charge in [-0.1, -0.05) is 6.07 Å². The Morgan fingerprint density at radius 3 is 3.05 bits per heavy atom. The minimum Gasteiger partial charge on any atom is -0.490 e. The summed E-state index contributed by atoms with van der Waals surface area (Å²) in [6.45, 7) is 2.33. The average Bonchev–Trinajstić information content (AvgIpc) is 2.96. The Bertz CT molecular complexity index is 458. The molecule has 2 rings (SSSR count). The molecule has 1 aromatic rings. The van der Waals surface area contributed by atoms with Crippen LogP contribution >= 0.6 is 0 Å². The first-order valence-corrected chi connectivity index (χ1v) is 6.84. The standard InChI is InChI=1S/C14H20N2O4/c1-19-14-5-4-11(9-13(14)16(17)18)10-15-7-6-12-3-2-8-20-12/h4-5,9,12,15H,2-3,6-8,10H2,1H3. The van der Waals surface area contributed by atoms with Gasteiger partial charge in [0.25, 0.3) is 0 Å². The summed E-state index contributed by atoms with van der Waals surface area (Å²) in [5.74, 6) is 0.290. The van der Waals surface area contributed by atoms with Crippen molar-refractivity contribution in [2.24, 2.45) is 0 Å². The van der Waals surface area contributed by atoms with Crippen LogP contribution < -0.4 is 10.1 Å². The maximum atomic E-state index is 10.9. The molecule has 0 radical (unpaired) electrons. The highest BCUT2D eigenvalue weighted by Gasteiger charge is 2.16. The maximum Gasteiger partial charge on any atom is 0.311 e. The van der Waals surface area contributed by atoms with Crippen molar-refractivity contribution in [3.05, 3.63) is 33.9 Å². The van der Waals surface area contributed by atoms with E-state index in [1.54, 1.807) is 12.1 Å². The Morgan fingerprint density at radius 1 is 1.55 bits per heavy atom. The van der Waals surface area contributed by atoms with Crippen molar-refractivity contribution in [2.75, 3.05) is 20.3 Å². The Morgan fingerprint density at radius 2 is 2.40 bits per heavy atom. The van der Waals surface area contributed by atoms with Gasteiger partial charge in [0, 0.05) is 19.2 Å². The highest BCUT2D eigenvalue weighted by molar-refractivity contribution is 5.48. The van der Waals surface area contributed by atoms with E-state index in [-0.39, 0.29) is 11.4 Å². The van der Waals surface area contributed by atoms with Crippen molar-refractivity contribution >= 4 is 5.69 Å². The van der Waals surface area contributed by atoms with E-state index in [1.807, 2.05) is 6.07 Å². The van der Waals surface area contributed by atoms with E-state index in [0.29, 0.717) is 12.6 Å². The summed E-state index contributed by atoms with van der Waals surface area (Å²) >= 11 is 0. The first-order chi connectivity index (χ1) is 9.70. The van der Waals surface area contributed by atoms with Crippen LogP contribution in [0.25, 0.3) is 0 Å². The lowest BCUT2D eigenvalue weighted by Crippen LogP contribution is -2.19. The van der Waals surface area contributed by atoms with Gasteiger partial charge in [0.15, 0.2) is 5.75 Å². The maximum absolute atomic E-state index is 10.9. The van der Waals surface area contributed by atoms with Crippen molar-refractivity contribution < 1.29 is 14.4 Å². The number of hydrogen-bond acceptors (Lipinski definition) is 5. The van der Waals surface area contributed by atoms with Crippen LogP contribution in [0.2, 0.25) is 0 Å². The van der Waals surface area contributed by atoms with E-state index in [2.05, 4.69) is 5.32 Å². The molecule has 110 valence electrons. The van der Waals surface area contributed by atoms with Crippen molar-refractivity contribution in [2.45, 2.75) is 31.9 Å². The molecule has 0 aliphatic carbocycles. The van der Waals surface area contributed by atoms with Gasteiger partial charge in [-0.25, -0.2) is 0 Å². The quantitative estimate of drug-likeness (QED) is 0.471. The molecule has 0 spiro atoms. The number of benzene rings is 1. The number of methoxy groups -OCH3 is 1. The monoisotopic (exact) mass is 280 g/mol. The molecular formula is C14H20N2O4. The van der Waals surface area contributed by atoms with E-state index in [4.69, 9.17) is 9.47 Å². The van der Waals surface area contributed by atoms with Gasteiger partial charge >= 0.3 is 5.69 Å². The number of rotatable bonds is 7. The number of nitrogens with one attached hydrogen (secondary N) is 1. The summed E-state index contributed by atoms with van der Waals surface area (Å²) in [5.41, 5.74) is 0.885. The number of ether oxygens (including phenoxy) is 2. The summed E-state index contributed by atoms with van der Waals surface area (Å²) in [6.07, 6.45) is 3.64. The number of nitrogens with zero attached hydrogens (tertiary/aromatic N) is 1. The van der Waals surface area contributed by atoms with E-state index < -0.39 is 4.92 Å². The Balaban J connectivity index is 1.83. The van der Waals surface area contributed by atoms with Crippen molar-refractivity contribution in [3.63, 3.8) is 0 Å². The topological polar surface area (TPSA) is 73.6 Å². The minimum absolute atomic E-state index is 0.00549. The molecule has 1 heterocycles. The molecule has 1 unspecified atom stereocenters. The molecule has 1 aliphatic rings. The molecular weight excluding hydrogens is 260 g/mol. The van der Waals surface area contributed by atoms with E-state index in [9.17, 15) is 10.1 Å². The van der Waals surface area contributed by atoms with Crippen LogP contribution in [0.15, 0.2) is 18.2 Å².